The number of amides is 1. The Hall–Kier alpha value is -3.10. The third-order valence-electron chi connectivity index (χ3n) is 4.88. The van der Waals surface area contributed by atoms with E-state index in [9.17, 15) is 9.59 Å². The number of fused-ring (bicyclic) bond motifs is 1. The highest BCUT2D eigenvalue weighted by atomic mass is 35.5. The Morgan fingerprint density at radius 1 is 1.23 bits per heavy atom. The number of aromatic amines is 1. The van der Waals surface area contributed by atoms with E-state index in [0.29, 0.717) is 33.7 Å². The number of aryl methyl sites for hydroxylation is 2. The summed E-state index contributed by atoms with van der Waals surface area (Å²) in [4.78, 5) is 28.8. The first kappa shape index (κ1) is 20.2. The molecule has 1 aromatic carbocycles. The normalized spacial score (nSPS) is 11.2. The highest BCUT2D eigenvalue weighted by molar-refractivity contribution is 6.42. The second kappa shape index (κ2) is 7.97. The number of halogens is 2. The fraction of sp³-hybridized carbons (Fsp3) is 0.200. The average molecular weight is 445 g/mol. The van der Waals surface area contributed by atoms with Crippen LogP contribution in [0.3, 0.4) is 0 Å². The molecule has 154 valence electrons. The molecule has 3 heterocycles. The summed E-state index contributed by atoms with van der Waals surface area (Å²) < 4.78 is 3.23. The Morgan fingerprint density at radius 3 is 2.83 bits per heavy atom. The number of nitrogens with one attached hydrogen (secondary N) is 2. The lowest BCUT2D eigenvalue weighted by atomic mass is 10.1. The van der Waals surface area contributed by atoms with Crippen molar-refractivity contribution in [2.45, 2.75) is 26.8 Å². The molecule has 4 rings (SSSR count). The van der Waals surface area contributed by atoms with Crippen LogP contribution in [0.25, 0.3) is 5.65 Å². The smallest absolute Gasteiger partial charge is 0.266 e. The highest BCUT2D eigenvalue weighted by Crippen LogP contribution is 2.26. The second-order valence-electron chi connectivity index (χ2n) is 6.89. The molecular formula is C20H18Cl2N6O2. The SMILES string of the molecule is Cc1nc2cc(=O)[nH]n2c(C)c1CC(=O)Nc1ccnn1Cc1cccc(Cl)c1Cl. The Labute approximate surface area is 181 Å². The van der Waals surface area contributed by atoms with Gasteiger partial charge < -0.3 is 5.32 Å². The first-order valence-corrected chi connectivity index (χ1v) is 9.91. The third kappa shape index (κ3) is 3.83. The Morgan fingerprint density at radius 2 is 2.03 bits per heavy atom. The lowest BCUT2D eigenvalue weighted by Gasteiger charge is -2.13. The van der Waals surface area contributed by atoms with E-state index in [1.54, 1.807) is 27.5 Å². The zero-order chi connectivity index (χ0) is 21.4. The van der Waals surface area contributed by atoms with Crippen molar-refractivity contribution in [2.75, 3.05) is 5.32 Å². The van der Waals surface area contributed by atoms with E-state index < -0.39 is 0 Å². The van der Waals surface area contributed by atoms with Crippen LogP contribution in [0.15, 0.2) is 41.3 Å². The molecule has 2 N–H and O–H groups in total. The predicted octanol–water partition coefficient (Wildman–Crippen LogP) is 3.37. The van der Waals surface area contributed by atoms with Crippen LogP contribution in [-0.4, -0.2) is 30.3 Å². The van der Waals surface area contributed by atoms with Crippen LogP contribution in [-0.2, 0) is 17.8 Å². The molecule has 30 heavy (non-hydrogen) atoms. The fourth-order valence-corrected chi connectivity index (χ4v) is 3.74. The van der Waals surface area contributed by atoms with Crippen molar-refractivity contribution in [3.05, 3.63) is 79.4 Å². The van der Waals surface area contributed by atoms with Crippen molar-refractivity contribution in [3.63, 3.8) is 0 Å². The Balaban J connectivity index is 1.55. The van der Waals surface area contributed by atoms with Crippen molar-refractivity contribution in [1.29, 1.82) is 0 Å². The number of hydrogen-bond donors (Lipinski definition) is 2. The van der Waals surface area contributed by atoms with Gasteiger partial charge in [-0.05, 0) is 25.5 Å². The van der Waals surface area contributed by atoms with Gasteiger partial charge in [0.1, 0.15) is 5.82 Å². The maximum atomic E-state index is 12.7. The maximum absolute atomic E-state index is 12.7. The van der Waals surface area contributed by atoms with Gasteiger partial charge in [0.05, 0.1) is 29.2 Å². The number of H-pyrrole nitrogens is 1. The molecular weight excluding hydrogens is 427 g/mol. The van der Waals surface area contributed by atoms with Gasteiger partial charge >= 0.3 is 0 Å². The molecule has 0 bridgehead atoms. The molecule has 10 heteroatoms. The van der Waals surface area contributed by atoms with Crippen molar-refractivity contribution in [3.8, 4) is 0 Å². The minimum Gasteiger partial charge on any atom is -0.311 e. The van der Waals surface area contributed by atoms with Gasteiger partial charge in [0, 0.05) is 29.1 Å². The number of hydrogen-bond acceptors (Lipinski definition) is 4. The maximum Gasteiger partial charge on any atom is 0.266 e. The molecule has 0 aliphatic heterocycles. The molecule has 0 unspecified atom stereocenters. The first-order valence-electron chi connectivity index (χ1n) is 9.16. The van der Waals surface area contributed by atoms with E-state index in [2.05, 4.69) is 20.5 Å². The van der Waals surface area contributed by atoms with Gasteiger partial charge in [0.25, 0.3) is 5.56 Å². The summed E-state index contributed by atoms with van der Waals surface area (Å²) in [7, 11) is 0. The predicted molar refractivity (Wildman–Crippen MR) is 115 cm³/mol. The van der Waals surface area contributed by atoms with Gasteiger partial charge in [-0.15, -0.1) is 0 Å². The molecule has 0 fully saturated rings. The number of carbonyl (C=O) groups excluding carboxylic acids is 1. The van der Waals surface area contributed by atoms with Crippen LogP contribution in [0.2, 0.25) is 10.0 Å². The Kier molecular flexibility index (Phi) is 5.36. The zero-order valence-corrected chi connectivity index (χ0v) is 17.8. The molecule has 0 spiro atoms. The molecule has 0 aliphatic carbocycles. The van der Waals surface area contributed by atoms with Crippen molar-refractivity contribution >= 4 is 40.6 Å². The van der Waals surface area contributed by atoms with E-state index in [1.165, 1.54) is 6.07 Å². The lowest BCUT2D eigenvalue weighted by molar-refractivity contribution is -0.115. The number of anilines is 1. The molecule has 0 saturated carbocycles. The van der Waals surface area contributed by atoms with Gasteiger partial charge in [-0.1, -0.05) is 35.3 Å². The molecule has 1 amide bonds. The molecule has 0 radical (unpaired) electrons. The third-order valence-corrected chi connectivity index (χ3v) is 5.73. The average Bonchev–Trinajstić information content (AvgIpc) is 3.28. The summed E-state index contributed by atoms with van der Waals surface area (Å²) in [5, 5.41) is 10.8. The van der Waals surface area contributed by atoms with Crippen LogP contribution >= 0.6 is 23.2 Å². The summed E-state index contributed by atoms with van der Waals surface area (Å²) in [5.74, 6) is 0.311. The van der Waals surface area contributed by atoms with E-state index in [0.717, 1.165) is 16.8 Å². The van der Waals surface area contributed by atoms with Gasteiger partial charge in [0.2, 0.25) is 5.91 Å². The van der Waals surface area contributed by atoms with Crippen molar-refractivity contribution in [1.82, 2.24) is 24.4 Å². The van der Waals surface area contributed by atoms with Crippen LogP contribution in [0.4, 0.5) is 5.82 Å². The number of aromatic nitrogens is 5. The van der Waals surface area contributed by atoms with Gasteiger partial charge in [-0.3, -0.25) is 14.7 Å². The molecule has 0 aliphatic rings. The van der Waals surface area contributed by atoms with Crippen LogP contribution in [0, 0.1) is 13.8 Å². The van der Waals surface area contributed by atoms with Crippen LogP contribution in [0.1, 0.15) is 22.5 Å². The molecule has 0 atom stereocenters. The van der Waals surface area contributed by atoms with Gasteiger partial charge in [-0.25, -0.2) is 14.2 Å². The monoisotopic (exact) mass is 444 g/mol. The van der Waals surface area contributed by atoms with Crippen molar-refractivity contribution in [2.24, 2.45) is 0 Å². The number of rotatable bonds is 5. The van der Waals surface area contributed by atoms with Gasteiger partial charge in [0.15, 0.2) is 5.65 Å². The van der Waals surface area contributed by atoms with Crippen molar-refractivity contribution < 1.29 is 4.79 Å². The number of nitrogens with zero attached hydrogens (tertiary/aromatic N) is 4. The largest absolute Gasteiger partial charge is 0.311 e. The topological polar surface area (TPSA) is 97.1 Å². The minimum atomic E-state index is -0.241. The minimum absolute atomic E-state index is 0.101. The Bertz CT molecular complexity index is 1320. The second-order valence-corrected chi connectivity index (χ2v) is 7.67. The summed E-state index contributed by atoms with van der Waals surface area (Å²) in [6, 6.07) is 8.51. The van der Waals surface area contributed by atoms with Gasteiger partial charge in [-0.2, -0.15) is 5.10 Å². The molecule has 8 nitrogen and oxygen atoms in total. The van der Waals surface area contributed by atoms with E-state index in [4.69, 9.17) is 23.2 Å². The zero-order valence-electron chi connectivity index (χ0n) is 16.2. The van der Waals surface area contributed by atoms with E-state index >= 15 is 0 Å². The summed E-state index contributed by atoms with van der Waals surface area (Å²) in [6.45, 7) is 4.02. The standard InChI is InChI=1S/C20H18Cl2N6O2/c1-11-14(12(2)28-17(24-11)9-19(30)26-28)8-18(29)25-16-6-7-23-27(16)10-13-4-3-5-15(21)20(13)22/h3-7,9H,8,10H2,1-2H3,(H,25,29)(H,26,30). The van der Waals surface area contributed by atoms with E-state index in [-0.39, 0.29) is 17.9 Å². The summed E-state index contributed by atoms with van der Waals surface area (Å²) in [6.07, 6.45) is 1.70. The van der Waals surface area contributed by atoms with E-state index in [1.807, 2.05) is 26.0 Å². The fourth-order valence-electron chi connectivity index (χ4n) is 3.36. The summed E-state index contributed by atoms with van der Waals surface area (Å²) in [5.41, 5.74) is 3.28. The van der Waals surface area contributed by atoms with Crippen LogP contribution in [0.5, 0.6) is 0 Å². The quantitative estimate of drug-likeness (QED) is 0.492. The number of benzene rings is 1. The summed E-state index contributed by atoms with van der Waals surface area (Å²) >= 11 is 12.3. The first-order chi connectivity index (χ1) is 14.3. The molecule has 4 aromatic rings. The lowest BCUT2D eigenvalue weighted by Crippen LogP contribution is -2.20. The highest BCUT2D eigenvalue weighted by Gasteiger charge is 2.16. The number of carbonyl (C=O) groups is 1. The van der Waals surface area contributed by atoms with Crippen LogP contribution < -0.4 is 10.9 Å². The molecule has 0 saturated heterocycles. The molecule has 3 aromatic heterocycles.